The third-order valence-electron chi connectivity index (χ3n) is 4.47. The van der Waals surface area contributed by atoms with Crippen molar-refractivity contribution in [1.82, 2.24) is 4.90 Å². The lowest BCUT2D eigenvalue weighted by atomic mass is 10.0. The van der Waals surface area contributed by atoms with Crippen LogP contribution < -0.4 is 4.74 Å². The molecule has 144 valence electrons. The van der Waals surface area contributed by atoms with Crippen LogP contribution in [0.5, 0.6) is 5.75 Å². The van der Waals surface area contributed by atoms with Gasteiger partial charge in [-0.25, -0.2) is 9.59 Å². The molecule has 28 heavy (non-hydrogen) atoms. The molecule has 3 rings (SSSR count). The molecule has 2 aromatic carbocycles. The number of methoxy groups -OCH3 is 1. The minimum atomic E-state index is -1.08. The second-order valence-electron chi connectivity index (χ2n) is 6.65. The molecular weight excluding hydrogens is 362 g/mol. The molecule has 0 bridgehead atoms. The number of nitrogens with zero attached hydrogens (tertiary/aromatic N) is 1. The molecule has 0 radical (unpaired) electrons. The summed E-state index contributed by atoms with van der Waals surface area (Å²) < 4.78 is 10.00. The van der Waals surface area contributed by atoms with Gasteiger partial charge in [0.25, 0.3) is 11.8 Å². The first-order valence-electron chi connectivity index (χ1n) is 8.72. The molecule has 0 unspecified atom stereocenters. The van der Waals surface area contributed by atoms with Crippen molar-refractivity contribution in [3.05, 3.63) is 65.2 Å². The second-order valence-corrected chi connectivity index (χ2v) is 6.65. The summed E-state index contributed by atoms with van der Waals surface area (Å²) in [5.41, 5.74) is 0.852. The molecule has 0 aliphatic carbocycles. The van der Waals surface area contributed by atoms with Gasteiger partial charge >= 0.3 is 11.9 Å². The van der Waals surface area contributed by atoms with E-state index in [0.29, 0.717) is 5.56 Å². The predicted molar refractivity (Wildman–Crippen MR) is 99.0 cm³/mol. The van der Waals surface area contributed by atoms with Crippen molar-refractivity contribution in [3.63, 3.8) is 0 Å². The van der Waals surface area contributed by atoms with E-state index in [0.717, 1.165) is 4.90 Å². The molecule has 1 aliphatic heterocycles. The number of carbonyl (C=O) groups is 4. The standard InChI is InChI=1S/C21H19NO6/c1-12(2)17(22-18(23)15-6-4-5-7-16(15)19(22)24)21(26)28-14-10-8-13(9-11-14)20(25)27-3/h4-12,17H,1-3H3/t17-/m0/s1. The molecule has 1 heterocycles. The Balaban J connectivity index is 1.83. The lowest BCUT2D eigenvalue weighted by Crippen LogP contribution is -2.49. The van der Waals surface area contributed by atoms with Crippen LogP contribution in [0.4, 0.5) is 0 Å². The van der Waals surface area contributed by atoms with Crippen molar-refractivity contribution in [2.45, 2.75) is 19.9 Å². The Morgan fingerprint density at radius 2 is 1.43 bits per heavy atom. The van der Waals surface area contributed by atoms with E-state index < -0.39 is 29.8 Å². The van der Waals surface area contributed by atoms with Crippen molar-refractivity contribution < 1.29 is 28.7 Å². The number of esters is 2. The van der Waals surface area contributed by atoms with Gasteiger partial charge in [0.2, 0.25) is 0 Å². The first-order chi connectivity index (χ1) is 13.3. The minimum absolute atomic E-state index is 0.194. The van der Waals surface area contributed by atoms with Gasteiger partial charge in [-0.3, -0.25) is 14.5 Å². The summed E-state index contributed by atoms with van der Waals surface area (Å²) in [6.45, 7) is 3.46. The third-order valence-corrected chi connectivity index (χ3v) is 4.47. The van der Waals surface area contributed by atoms with E-state index in [2.05, 4.69) is 4.74 Å². The van der Waals surface area contributed by atoms with Crippen LogP contribution in [0.1, 0.15) is 44.9 Å². The molecule has 0 aromatic heterocycles. The Morgan fingerprint density at radius 1 is 0.893 bits per heavy atom. The fraction of sp³-hybridized carbons (Fsp3) is 0.238. The fourth-order valence-electron chi connectivity index (χ4n) is 3.09. The molecule has 1 atom stereocenters. The van der Waals surface area contributed by atoms with Gasteiger partial charge in [-0.15, -0.1) is 0 Å². The van der Waals surface area contributed by atoms with Gasteiger partial charge in [-0.1, -0.05) is 26.0 Å². The van der Waals surface area contributed by atoms with Crippen molar-refractivity contribution in [1.29, 1.82) is 0 Å². The second kappa shape index (κ2) is 7.64. The number of rotatable bonds is 5. The lowest BCUT2D eigenvalue weighted by molar-refractivity contribution is -0.140. The van der Waals surface area contributed by atoms with Crippen LogP contribution in [-0.2, 0) is 9.53 Å². The highest BCUT2D eigenvalue weighted by Gasteiger charge is 2.44. The summed E-state index contributed by atoms with van der Waals surface area (Å²) in [4.78, 5) is 50.7. The first-order valence-corrected chi connectivity index (χ1v) is 8.72. The summed E-state index contributed by atoms with van der Waals surface area (Å²) >= 11 is 0. The molecule has 0 N–H and O–H groups in total. The van der Waals surface area contributed by atoms with E-state index in [1.807, 2.05) is 0 Å². The van der Waals surface area contributed by atoms with E-state index in [4.69, 9.17) is 4.74 Å². The number of amides is 2. The van der Waals surface area contributed by atoms with Crippen LogP contribution in [-0.4, -0.2) is 41.8 Å². The third kappa shape index (κ3) is 3.38. The Hall–Kier alpha value is -3.48. The maximum Gasteiger partial charge on any atom is 0.337 e. The van der Waals surface area contributed by atoms with Gasteiger partial charge in [0, 0.05) is 0 Å². The molecule has 0 saturated heterocycles. The monoisotopic (exact) mass is 381 g/mol. The maximum absolute atomic E-state index is 12.8. The van der Waals surface area contributed by atoms with Crippen molar-refractivity contribution in [3.8, 4) is 5.75 Å². The normalized spacial score (nSPS) is 14.1. The summed E-state index contributed by atoms with van der Waals surface area (Å²) in [5.74, 6) is -2.43. The van der Waals surface area contributed by atoms with E-state index in [9.17, 15) is 19.2 Å². The Kier molecular flexibility index (Phi) is 5.26. The zero-order chi connectivity index (χ0) is 20.4. The first kappa shape index (κ1) is 19.3. The van der Waals surface area contributed by atoms with E-state index >= 15 is 0 Å². The van der Waals surface area contributed by atoms with Crippen LogP contribution in [0.15, 0.2) is 48.5 Å². The predicted octanol–water partition coefficient (Wildman–Crippen LogP) is 2.70. The van der Waals surface area contributed by atoms with E-state index in [1.165, 1.54) is 31.4 Å². The summed E-state index contributed by atoms with van der Waals surface area (Å²) in [5, 5.41) is 0. The zero-order valence-corrected chi connectivity index (χ0v) is 15.7. The summed E-state index contributed by atoms with van der Waals surface area (Å²) in [6.07, 6.45) is 0. The number of hydrogen-bond acceptors (Lipinski definition) is 6. The number of fused-ring (bicyclic) bond motifs is 1. The van der Waals surface area contributed by atoms with Gasteiger partial charge in [-0.05, 0) is 42.3 Å². The average molecular weight is 381 g/mol. The number of ether oxygens (including phenoxy) is 2. The van der Waals surface area contributed by atoms with E-state index in [1.54, 1.807) is 38.1 Å². The lowest BCUT2D eigenvalue weighted by Gasteiger charge is -2.27. The molecule has 0 fully saturated rings. The van der Waals surface area contributed by atoms with Gasteiger partial charge < -0.3 is 9.47 Å². The molecule has 2 amide bonds. The molecular formula is C21H19NO6. The zero-order valence-electron chi connectivity index (χ0n) is 15.7. The summed E-state index contributed by atoms with van der Waals surface area (Å²) in [6, 6.07) is 11.2. The maximum atomic E-state index is 12.8. The van der Waals surface area contributed by atoms with Crippen LogP contribution in [0.2, 0.25) is 0 Å². The van der Waals surface area contributed by atoms with Gasteiger partial charge in [0.1, 0.15) is 11.8 Å². The minimum Gasteiger partial charge on any atom is -0.465 e. The average Bonchev–Trinajstić information content (AvgIpc) is 2.93. The van der Waals surface area contributed by atoms with Crippen LogP contribution >= 0.6 is 0 Å². The van der Waals surface area contributed by atoms with Crippen molar-refractivity contribution >= 4 is 23.8 Å². The fourth-order valence-corrected chi connectivity index (χ4v) is 3.09. The summed E-state index contributed by atoms with van der Waals surface area (Å²) in [7, 11) is 1.27. The molecule has 1 aliphatic rings. The van der Waals surface area contributed by atoms with Crippen molar-refractivity contribution in [2.75, 3.05) is 7.11 Å². The molecule has 7 heteroatoms. The quantitative estimate of drug-likeness (QED) is 0.449. The molecule has 2 aromatic rings. The SMILES string of the molecule is COC(=O)c1ccc(OC(=O)[C@H](C(C)C)N2C(=O)c3ccccc3C2=O)cc1. The van der Waals surface area contributed by atoms with Gasteiger partial charge in [-0.2, -0.15) is 0 Å². The van der Waals surface area contributed by atoms with E-state index in [-0.39, 0.29) is 22.8 Å². The van der Waals surface area contributed by atoms with Gasteiger partial charge in [0.05, 0.1) is 23.8 Å². The number of carbonyl (C=O) groups excluding carboxylic acids is 4. The smallest absolute Gasteiger partial charge is 0.337 e. The molecule has 0 spiro atoms. The highest BCUT2D eigenvalue weighted by atomic mass is 16.5. The Bertz CT molecular complexity index is 913. The van der Waals surface area contributed by atoms with Crippen molar-refractivity contribution in [2.24, 2.45) is 5.92 Å². The topological polar surface area (TPSA) is 90.0 Å². The Morgan fingerprint density at radius 3 is 1.89 bits per heavy atom. The molecule has 7 nitrogen and oxygen atoms in total. The van der Waals surface area contributed by atoms with Crippen LogP contribution in [0.3, 0.4) is 0 Å². The van der Waals surface area contributed by atoms with Crippen LogP contribution in [0, 0.1) is 5.92 Å². The number of hydrogen-bond donors (Lipinski definition) is 0. The number of imide groups is 1. The van der Waals surface area contributed by atoms with Gasteiger partial charge in [0.15, 0.2) is 0 Å². The molecule has 0 saturated carbocycles. The largest absolute Gasteiger partial charge is 0.465 e. The highest BCUT2D eigenvalue weighted by molar-refractivity contribution is 6.22. The highest BCUT2D eigenvalue weighted by Crippen LogP contribution is 2.28. The van der Waals surface area contributed by atoms with Crippen LogP contribution in [0.25, 0.3) is 0 Å². The number of benzene rings is 2. The Labute approximate surface area is 161 Å².